The smallest absolute Gasteiger partial charge is 0.108 e. The van der Waals surface area contributed by atoms with E-state index in [0.29, 0.717) is 5.92 Å². The highest BCUT2D eigenvalue weighted by molar-refractivity contribution is 6.76. The van der Waals surface area contributed by atoms with Gasteiger partial charge in [-0.1, -0.05) is 32.6 Å². The average Bonchev–Trinajstić information content (AvgIpc) is 2.50. The highest BCUT2D eigenvalue weighted by atomic mass is 35.5. The molecule has 1 rings (SSSR count). The first kappa shape index (κ1) is 13.7. The number of halogens is 1. The summed E-state index contributed by atoms with van der Waals surface area (Å²) in [6.45, 7) is 9.50. The normalized spacial score (nSPS) is 13.4. The van der Waals surface area contributed by atoms with Crippen LogP contribution in [0.2, 0.25) is 25.7 Å². The van der Waals surface area contributed by atoms with Gasteiger partial charge in [0.25, 0.3) is 0 Å². The second kappa shape index (κ2) is 5.56. The van der Waals surface area contributed by atoms with Crippen molar-refractivity contribution in [3.63, 3.8) is 0 Å². The predicted octanol–water partition coefficient (Wildman–Crippen LogP) is 3.66. The van der Waals surface area contributed by atoms with Crippen molar-refractivity contribution in [2.75, 3.05) is 0 Å². The Hall–Kier alpha value is -0.283. The molecule has 1 unspecified atom stereocenters. The molecule has 0 spiro atoms. The van der Waals surface area contributed by atoms with Gasteiger partial charge in [0.1, 0.15) is 5.82 Å². The zero-order valence-corrected chi connectivity index (χ0v) is 11.3. The van der Waals surface area contributed by atoms with Crippen molar-refractivity contribution in [1.29, 1.82) is 0 Å². The number of nitrogens with zero attached hydrogens (tertiary/aromatic N) is 1. The summed E-state index contributed by atoms with van der Waals surface area (Å²) in [6, 6.07) is 1.38. The van der Waals surface area contributed by atoms with E-state index in [0.717, 1.165) is 5.82 Å². The van der Waals surface area contributed by atoms with Gasteiger partial charge in [0.15, 0.2) is 0 Å². The van der Waals surface area contributed by atoms with Crippen LogP contribution in [0, 0.1) is 0 Å². The zero-order chi connectivity index (χ0) is 9.90. The average molecular weight is 233 g/mol. The molecule has 0 fully saturated rings. The SMILES string of the molecule is CC(CC[Si](C)(C)C)c1ncc[nH]1.Cl. The Labute approximate surface area is 93.9 Å². The molecule has 1 N–H and O–H groups in total. The molecule has 0 aliphatic rings. The number of nitrogens with one attached hydrogen (secondary N) is 1. The van der Waals surface area contributed by atoms with Crippen molar-refractivity contribution >= 4 is 20.5 Å². The van der Waals surface area contributed by atoms with E-state index in [2.05, 4.69) is 36.5 Å². The minimum Gasteiger partial charge on any atom is -0.348 e. The first-order valence-corrected chi connectivity index (χ1v) is 8.69. The van der Waals surface area contributed by atoms with Gasteiger partial charge in [-0.25, -0.2) is 4.98 Å². The summed E-state index contributed by atoms with van der Waals surface area (Å²) in [5, 5.41) is 0. The largest absolute Gasteiger partial charge is 0.348 e. The number of hydrogen-bond acceptors (Lipinski definition) is 1. The second-order valence-corrected chi connectivity index (χ2v) is 10.6. The monoisotopic (exact) mass is 232 g/mol. The van der Waals surface area contributed by atoms with Crippen LogP contribution in [-0.4, -0.2) is 18.0 Å². The highest BCUT2D eigenvalue weighted by Crippen LogP contribution is 2.21. The van der Waals surface area contributed by atoms with E-state index < -0.39 is 8.07 Å². The number of hydrogen-bond donors (Lipinski definition) is 1. The molecule has 0 radical (unpaired) electrons. The molecule has 2 nitrogen and oxygen atoms in total. The minimum absolute atomic E-state index is 0. The molecule has 1 heterocycles. The van der Waals surface area contributed by atoms with Crippen molar-refractivity contribution < 1.29 is 0 Å². The van der Waals surface area contributed by atoms with Crippen LogP contribution in [-0.2, 0) is 0 Å². The van der Waals surface area contributed by atoms with E-state index in [4.69, 9.17) is 0 Å². The van der Waals surface area contributed by atoms with Gasteiger partial charge in [0, 0.05) is 26.4 Å². The fourth-order valence-electron chi connectivity index (χ4n) is 1.33. The van der Waals surface area contributed by atoms with Crippen LogP contribution in [0.1, 0.15) is 25.1 Å². The molecular weight excluding hydrogens is 212 g/mol. The summed E-state index contributed by atoms with van der Waals surface area (Å²) in [5.74, 6) is 1.72. The van der Waals surface area contributed by atoms with Crippen LogP contribution in [0.3, 0.4) is 0 Å². The van der Waals surface area contributed by atoms with Crippen LogP contribution >= 0.6 is 12.4 Å². The van der Waals surface area contributed by atoms with E-state index in [1.165, 1.54) is 12.5 Å². The predicted molar refractivity (Wildman–Crippen MR) is 67.0 cm³/mol. The van der Waals surface area contributed by atoms with Crippen molar-refractivity contribution in [2.24, 2.45) is 0 Å². The molecule has 0 saturated heterocycles. The topological polar surface area (TPSA) is 28.7 Å². The van der Waals surface area contributed by atoms with Crippen molar-refractivity contribution in [3.05, 3.63) is 18.2 Å². The number of aromatic amines is 1. The molecule has 0 bridgehead atoms. The summed E-state index contributed by atoms with van der Waals surface area (Å²) in [6.07, 6.45) is 5.00. The minimum atomic E-state index is -0.874. The molecule has 4 heteroatoms. The van der Waals surface area contributed by atoms with Crippen LogP contribution in [0.4, 0.5) is 0 Å². The van der Waals surface area contributed by atoms with Gasteiger partial charge in [-0.2, -0.15) is 0 Å². The van der Waals surface area contributed by atoms with Crippen LogP contribution in [0.5, 0.6) is 0 Å². The summed E-state index contributed by atoms with van der Waals surface area (Å²) in [5.41, 5.74) is 0. The van der Waals surface area contributed by atoms with E-state index in [1.54, 1.807) is 0 Å². The Morgan fingerprint density at radius 2 is 2.07 bits per heavy atom. The van der Waals surface area contributed by atoms with Crippen LogP contribution < -0.4 is 0 Å². The van der Waals surface area contributed by atoms with Gasteiger partial charge in [-0.3, -0.25) is 0 Å². The second-order valence-electron chi connectivity index (χ2n) is 4.97. The van der Waals surface area contributed by atoms with E-state index in [-0.39, 0.29) is 12.4 Å². The molecule has 0 aromatic carbocycles. The van der Waals surface area contributed by atoms with Crippen molar-refractivity contribution in [3.8, 4) is 0 Å². The standard InChI is InChI=1S/C10H20N2Si.ClH/c1-9(5-8-13(2,3)4)10-11-6-7-12-10;/h6-7,9H,5,8H2,1-4H3,(H,11,12);1H. The fourth-order valence-corrected chi connectivity index (χ4v) is 2.63. The molecular formula is C10H21ClN2Si. The maximum absolute atomic E-state index is 4.28. The van der Waals surface area contributed by atoms with Gasteiger partial charge in [0.05, 0.1) is 0 Å². The molecule has 0 amide bonds. The Bertz CT molecular complexity index is 241. The molecule has 0 aliphatic heterocycles. The van der Waals surface area contributed by atoms with E-state index >= 15 is 0 Å². The molecule has 1 aromatic rings. The third-order valence-electron chi connectivity index (χ3n) is 2.31. The highest BCUT2D eigenvalue weighted by Gasteiger charge is 2.16. The van der Waals surface area contributed by atoms with Gasteiger partial charge >= 0.3 is 0 Å². The maximum atomic E-state index is 4.28. The van der Waals surface area contributed by atoms with Crippen LogP contribution in [0.25, 0.3) is 0 Å². The quantitative estimate of drug-likeness (QED) is 0.789. The Kier molecular flexibility index (Phi) is 5.45. The van der Waals surface area contributed by atoms with Gasteiger partial charge in [0.2, 0.25) is 0 Å². The molecule has 1 atom stereocenters. The first-order valence-electron chi connectivity index (χ1n) is 4.98. The lowest BCUT2D eigenvalue weighted by molar-refractivity contribution is 0.682. The van der Waals surface area contributed by atoms with Gasteiger partial charge in [-0.05, 0) is 6.42 Å². The molecule has 1 aromatic heterocycles. The van der Waals surface area contributed by atoms with E-state index in [9.17, 15) is 0 Å². The number of H-pyrrole nitrogens is 1. The number of imidazole rings is 1. The summed E-state index contributed by atoms with van der Waals surface area (Å²) >= 11 is 0. The first-order chi connectivity index (χ1) is 5.99. The maximum Gasteiger partial charge on any atom is 0.108 e. The molecule has 0 aliphatic carbocycles. The van der Waals surface area contributed by atoms with Gasteiger partial charge < -0.3 is 4.98 Å². The summed E-state index contributed by atoms with van der Waals surface area (Å²) < 4.78 is 0. The lowest BCUT2D eigenvalue weighted by atomic mass is 10.1. The lowest BCUT2D eigenvalue weighted by Crippen LogP contribution is -2.19. The third kappa shape index (κ3) is 4.82. The number of rotatable bonds is 4. The Morgan fingerprint density at radius 3 is 2.50 bits per heavy atom. The summed E-state index contributed by atoms with van der Waals surface area (Å²) in [4.78, 5) is 7.45. The van der Waals surface area contributed by atoms with Crippen molar-refractivity contribution in [2.45, 2.75) is 44.9 Å². The number of aromatic nitrogens is 2. The molecule has 14 heavy (non-hydrogen) atoms. The molecule has 0 saturated carbocycles. The van der Waals surface area contributed by atoms with Crippen molar-refractivity contribution in [1.82, 2.24) is 9.97 Å². The van der Waals surface area contributed by atoms with Gasteiger partial charge in [-0.15, -0.1) is 12.4 Å². The zero-order valence-electron chi connectivity index (χ0n) is 9.50. The molecule has 82 valence electrons. The third-order valence-corrected chi connectivity index (χ3v) is 4.10. The van der Waals surface area contributed by atoms with Crippen LogP contribution in [0.15, 0.2) is 12.4 Å². The fraction of sp³-hybridized carbons (Fsp3) is 0.700. The Balaban J connectivity index is 0.00000169. The lowest BCUT2D eigenvalue weighted by Gasteiger charge is -2.17. The Morgan fingerprint density at radius 1 is 1.43 bits per heavy atom. The summed E-state index contributed by atoms with van der Waals surface area (Å²) in [7, 11) is -0.874. The van der Waals surface area contributed by atoms with E-state index in [1.807, 2.05) is 12.4 Å².